The highest BCUT2D eigenvalue weighted by atomic mass is 16.6. The number of rotatable bonds is 7. The van der Waals surface area contributed by atoms with Gasteiger partial charge in [0.2, 0.25) is 0 Å². The molecule has 0 aromatic carbocycles. The molecule has 29 heavy (non-hydrogen) atoms. The van der Waals surface area contributed by atoms with Crippen LogP contribution >= 0.6 is 0 Å². The minimum absolute atomic E-state index is 0.152. The quantitative estimate of drug-likeness (QED) is 0.338. The van der Waals surface area contributed by atoms with Crippen LogP contribution in [0.1, 0.15) is 59.8 Å². The largest absolute Gasteiger partial charge is 0.444 e. The van der Waals surface area contributed by atoms with Gasteiger partial charge in [0.1, 0.15) is 5.60 Å². The lowest BCUT2D eigenvalue weighted by atomic mass is 9.80. The minimum Gasteiger partial charge on any atom is -0.444 e. The van der Waals surface area contributed by atoms with Crippen LogP contribution in [0.25, 0.3) is 0 Å². The first-order valence-electron chi connectivity index (χ1n) is 11.2. The number of nitrogens with one attached hydrogen (secondary N) is 3. The van der Waals surface area contributed by atoms with E-state index >= 15 is 0 Å². The molecule has 0 aromatic rings. The van der Waals surface area contributed by atoms with Crippen LogP contribution in [0.2, 0.25) is 0 Å². The molecule has 1 saturated carbocycles. The molecule has 0 spiro atoms. The predicted octanol–water partition coefficient (Wildman–Crippen LogP) is 2.10. The molecular weight excluding hydrogens is 370 g/mol. The van der Waals surface area contributed by atoms with Crippen molar-refractivity contribution >= 4 is 12.1 Å². The van der Waals surface area contributed by atoms with E-state index in [1.165, 1.54) is 32.1 Å². The number of carbonyl (C=O) groups is 1. The summed E-state index contributed by atoms with van der Waals surface area (Å²) in [4.78, 5) is 19.3. The molecule has 0 aromatic heterocycles. The summed E-state index contributed by atoms with van der Waals surface area (Å²) < 4.78 is 10.8. The van der Waals surface area contributed by atoms with Gasteiger partial charge < -0.3 is 25.4 Å². The molecule has 0 radical (unpaired) electrons. The van der Waals surface area contributed by atoms with Crippen LogP contribution in [0.3, 0.4) is 0 Å². The number of hydrogen-bond acceptors (Lipinski definition) is 5. The van der Waals surface area contributed by atoms with Gasteiger partial charge in [0.05, 0.1) is 19.8 Å². The van der Waals surface area contributed by atoms with E-state index in [1.807, 2.05) is 20.8 Å². The summed E-state index contributed by atoms with van der Waals surface area (Å²) in [6.45, 7) is 13.9. The minimum atomic E-state index is -0.484. The average Bonchev–Trinajstić information content (AvgIpc) is 2.69. The van der Waals surface area contributed by atoms with Crippen LogP contribution in [0.5, 0.6) is 0 Å². The predicted molar refractivity (Wildman–Crippen MR) is 116 cm³/mol. The first-order chi connectivity index (χ1) is 13.8. The maximum atomic E-state index is 11.8. The SMILES string of the molecule is CCNC(=NCC1(N2CCOCC2)CCCCC1)NCCNC(=O)OC(C)(C)C. The first kappa shape index (κ1) is 23.7. The molecule has 0 unspecified atom stereocenters. The van der Waals surface area contributed by atoms with Crippen LogP contribution in [-0.4, -0.2) is 80.6 Å². The Morgan fingerprint density at radius 1 is 1.07 bits per heavy atom. The molecule has 2 aliphatic rings. The number of morpholine rings is 1. The molecule has 1 heterocycles. The monoisotopic (exact) mass is 411 g/mol. The highest BCUT2D eigenvalue weighted by Crippen LogP contribution is 2.34. The van der Waals surface area contributed by atoms with Crippen molar-refractivity contribution in [1.82, 2.24) is 20.9 Å². The summed E-state index contributed by atoms with van der Waals surface area (Å²) in [5.41, 5.74) is -0.332. The molecule has 0 bridgehead atoms. The highest BCUT2D eigenvalue weighted by molar-refractivity contribution is 5.79. The van der Waals surface area contributed by atoms with Gasteiger partial charge in [-0.2, -0.15) is 0 Å². The van der Waals surface area contributed by atoms with Crippen LogP contribution in [0.4, 0.5) is 4.79 Å². The maximum absolute atomic E-state index is 11.8. The van der Waals surface area contributed by atoms with Gasteiger partial charge in [-0.05, 0) is 40.5 Å². The lowest BCUT2D eigenvalue weighted by Crippen LogP contribution is -2.56. The Bertz CT molecular complexity index is 521. The van der Waals surface area contributed by atoms with Crippen molar-refractivity contribution in [3.8, 4) is 0 Å². The van der Waals surface area contributed by atoms with E-state index in [1.54, 1.807) is 0 Å². The maximum Gasteiger partial charge on any atom is 0.407 e. The van der Waals surface area contributed by atoms with Crippen molar-refractivity contribution in [2.75, 3.05) is 52.5 Å². The number of nitrogens with zero attached hydrogens (tertiary/aromatic N) is 2. The van der Waals surface area contributed by atoms with Gasteiger partial charge in [0.15, 0.2) is 5.96 Å². The van der Waals surface area contributed by atoms with Crippen molar-refractivity contribution in [1.29, 1.82) is 0 Å². The van der Waals surface area contributed by atoms with Crippen molar-refractivity contribution in [2.24, 2.45) is 4.99 Å². The van der Waals surface area contributed by atoms with E-state index in [2.05, 4.69) is 27.8 Å². The van der Waals surface area contributed by atoms with Gasteiger partial charge in [-0.1, -0.05) is 19.3 Å². The number of guanidine groups is 1. The fourth-order valence-corrected chi connectivity index (χ4v) is 4.05. The Morgan fingerprint density at radius 3 is 2.34 bits per heavy atom. The van der Waals surface area contributed by atoms with Gasteiger partial charge in [0, 0.05) is 38.3 Å². The van der Waals surface area contributed by atoms with E-state index in [0.29, 0.717) is 13.1 Å². The zero-order chi connectivity index (χ0) is 21.2. The molecule has 8 nitrogen and oxygen atoms in total. The lowest BCUT2D eigenvalue weighted by molar-refractivity contribution is -0.0333. The van der Waals surface area contributed by atoms with E-state index in [0.717, 1.165) is 45.4 Å². The Hall–Kier alpha value is -1.54. The normalized spacial score (nSPS) is 20.8. The first-order valence-corrected chi connectivity index (χ1v) is 11.2. The van der Waals surface area contributed by atoms with Gasteiger partial charge in [-0.25, -0.2) is 4.79 Å². The van der Waals surface area contributed by atoms with Crippen LogP contribution in [-0.2, 0) is 9.47 Å². The molecule has 1 saturated heterocycles. The molecule has 2 fully saturated rings. The molecule has 2 rings (SSSR count). The number of aliphatic imine (C=N–C) groups is 1. The molecule has 1 aliphatic carbocycles. The molecule has 0 atom stereocenters. The number of ether oxygens (including phenoxy) is 2. The lowest BCUT2D eigenvalue weighted by Gasteiger charge is -2.47. The highest BCUT2D eigenvalue weighted by Gasteiger charge is 2.38. The topological polar surface area (TPSA) is 87.2 Å². The van der Waals surface area contributed by atoms with Crippen LogP contribution in [0.15, 0.2) is 4.99 Å². The Kier molecular flexibility index (Phi) is 9.49. The van der Waals surface area contributed by atoms with Crippen LogP contribution in [0, 0.1) is 0 Å². The third-order valence-corrected chi connectivity index (χ3v) is 5.43. The molecule has 168 valence electrons. The van der Waals surface area contributed by atoms with E-state index in [4.69, 9.17) is 14.5 Å². The fourth-order valence-electron chi connectivity index (χ4n) is 4.05. The fraction of sp³-hybridized carbons (Fsp3) is 0.905. The molecule has 8 heteroatoms. The second kappa shape index (κ2) is 11.6. The van der Waals surface area contributed by atoms with Crippen molar-refractivity contribution in [3.63, 3.8) is 0 Å². The Labute approximate surface area is 176 Å². The third-order valence-electron chi connectivity index (χ3n) is 5.43. The van der Waals surface area contributed by atoms with E-state index < -0.39 is 11.7 Å². The van der Waals surface area contributed by atoms with Crippen LogP contribution < -0.4 is 16.0 Å². The molecular formula is C21H41N5O3. The zero-order valence-electron chi connectivity index (χ0n) is 18.8. The molecule has 3 N–H and O–H groups in total. The van der Waals surface area contributed by atoms with Gasteiger partial charge >= 0.3 is 6.09 Å². The molecule has 1 aliphatic heterocycles. The van der Waals surface area contributed by atoms with Crippen molar-refractivity contribution in [3.05, 3.63) is 0 Å². The number of alkyl carbamates (subject to hydrolysis) is 1. The summed E-state index contributed by atoms with van der Waals surface area (Å²) in [7, 11) is 0. The standard InChI is InChI=1S/C21H41N5O3/c1-5-22-18(23-11-12-24-19(27)29-20(2,3)4)25-17-21(9-7-6-8-10-21)26-13-15-28-16-14-26/h5-17H2,1-4H3,(H,24,27)(H2,22,23,25). The smallest absolute Gasteiger partial charge is 0.407 e. The summed E-state index contributed by atoms with van der Waals surface area (Å²) in [6, 6.07) is 0. The molecule has 1 amide bonds. The van der Waals surface area contributed by atoms with Gasteiger partial charge in [0.25, 0.3) is 0 Å². The number of amides is 1. The van der Waals surface area contributed by atoms with E-state index in [9.17, 15) is 4.79 Å². The van der Waals surface area contributed by atoms with Crippen molar-refractivity contribution < 1.29 is 14.3 Å². The average molecular weight is 412 g/mol. The third kappa shape index (κ3) is 8.38. The van der Waals surface area contributed by atoms with Gasteiger partial charge in [-0.15, -0.1) is 0 Å². The second-order valence-electron chi connectivity index (χ2n) is 8.94. The number of hydrogen-bond donors (Lipinski definition) is 3. The summed E-state index contributed by atoms with van der Waals surface area (Å²) in [6.07, 6.45) is 5.89. The van der Waals surface area contributed by atoms with Gasteiger partial charge in [-0.3, -0.25) is 9.89 Å². The Morgan fingerprint density at radius 2 is 1.72 bits per heavy atom. The number of carbonyl (C=O) groups excluding carboxylic acids is 1. The zero-order valence-corrected chi connectivity index (χ0v) is 18.8. The summed E-state index contributed by atoms with van der Waals surface area (Å²) in [5, 5.41) is 9.42. The van der Waals surface area contributed by atoms with Crippen molar-refractivity contribution in [2.45, 2.75) is 70.9 Å². The second-order valence-corrected chi connectivity index (χ2v) is 8.94. The Balaban J connectivity index is 1.87. The van der Waals surface area contributed by atoms with E-state index in [-0.39, 0.29) is 5.54 Å². The summed E-state index contributed by atoms with van der Waals surface area (Å²) >= 11 is 0. The summed E-state index contributed by atoms with van der Waals surface area (Å²) in [5.74, 6) is 0.802.